The first kappa shape index (κ1) is 20.6. The molecule has 3 N–H and O–H groups in total. The van der Waals surface area contributed by atoms with Crippen LogP contribution in [0.15, 0.2) is 30.3 Å². The van der Waals surface area contributed by atoms with Crippen LogP contribution in [0, 0.1) is 5.92 Å². The van der Waals surface area contributed by atoms with Crippen LogP contribution in [0.5, 0.6) is 0 Å². The molecule has 1 saturated heterocycles. The number of carbonyl (C=O) groups is 2. The van der Waals surface area contributed by atoms with Gasteiger partial charge in [0.2, 0.25) is 0 Å². The number of urea groups is 1. The van der Waals surface area contributed by atoms with Crippen molar-refractivity contribution in [3.63, 3.8) is 0 Å². The lowest BCUT2D eigenvalue weighted by molar-refractivity contribution is 0.0276. The number of piperidine rings is 1. The fraction of sp³-hybridized carbons (Fsp3) is 0.636. The Labute approximate surface area is 167 Å². The molecule has 0 aromatic heterocycles. The average Bonchev–Trinajstić information content (AvgIpc) is 2.96. The SMILES string of the molecule is O=C(NCC1CCN(C(=O)c2ccccc2)CC1)NCC1(O)CCCCCC1. The lowest BCUT2D eigenvalue weighted by atomic mass is 9.94. The minimum atomic E-state index is -0.753. The summed E-state index contributed by atoms with van der Waals surface area (Å²) in [6.07, 6.45) is 7.70. The molecule has 0 spiro atoms. The highest BCUT2D eigenvalue weighted by atomic mass is 16.3. The van der Waals surface area contributed by atoms with Crippen LogP contribution < -0.4 is 10.6 Å². The van der Waals surface area contributed by atoms with Crippen LogP contribution in [0.3, 0.4) is 0 Å². The number of carbonyl (C=O) groups excluding carboxylic acids is 2. The van der Waals surface area contributed by atoms with Gasteiger partial charge in [0.1, 0.15) is 0 Å². The molecule has 28 heavy (non-hydrogen) atoms. The number of benzene rings is 1. The van der Waals surface area contributed by atoms with E-state index in [4.69, 9.17) is 0 Å². The summed E-state index contributed by atoms with van der Waals surface area (Å²) in [7, 11) is 0. The van der Waals surface area contributed by atoms with E-state index in [1.165, 1.54) is 12.8 Å². The molecule has 6 heteroatoms. The molecule has 6 nitrogen and oxygen atoms in total. The molecule has 2 aliphatic rings. The van der Waals surface area contributed by atoms with Gasteiger partial charge in [-0.2, -0.15) is 0 Å². The molecule has 3 amide bonds. The molecule has 2 fully saturated rings. The maximum atomic E-state index is 12.5. The van der Waals surface area contributed by atoms with Gasteiger partial charge >= 0.3 is 6.03 Å². The third-order valence-corrected chi connectivity index (χ3v) is 6.09. The number of hydrogen-bond donors (Lipinski definition) is 3. The van der Waals surface area contributed by atoms with Crippen LogP contribution >= 0.6 is 0 Å². The fourth-order valence-electron chi connectivity index (χ4n) is 4.21. The monoisotopic (exact) mass is 387 g/mol. The van der Waals surface area contributed by atoms with E-state index in [2.05, 4.69) is 10.6 Å². The van der Waals surface area contributed by atoms with Crippen molar-refractivity contribution >= 4 is 11.9 Å². The first-order chi connectivity index (χ1) is 13.6. The van der Waals surface area contributed by atoms with E-state index in [0.717, 1.165) is 57.2 Å². The van der Waals surface area contributed by atoms with Crippen LogP contribution in [-0.2, 0) is 0 Å². The highest BCUT2D eigenvalue weighted by Gasteiger charge is 2.28. The molecule has 3 rings (SSSR count). The Morgan fingerprint density at radius 3 is 2.29 bits per heavy atom. The van der Waals surface area contributed by atoms with Crippen LogP contribution in [0.2, 0.25) is 0 Å². The van der Waals surface area contributed by atoms with Crippen molar-refractivity contribution in [1.82, 2.24) is 15.5 Å². The van der Waals surface area contributed by atoms with E-state index in [0.29, 0.717) is 19.0 Å². The summed E-state index contributed by atoms with van der Waals surface area (Å²) in [4.78, 5) is 26.5. The van der Waals surface area contributed by atoms with Crippen molar-refractivity contribution < 1.29 is 14.7 Å². The Hall–Kier alpha value is -2.08. The lowest BCUT2D eigenvalue weighted by Crippen LogP contribution is -2.48. The van der Waals surface area contributed by atoms with Gasteiger partial charge in [-0.05, 0) is 43.7 Å². The zero-order chi connectivity index (χ0) is 19.8. The van der Waals surface area contributed by atoms with Gasteiger partial charge in [0, 0.05) is 31.7 Å². The van der Waals surface area contributed by atoms with Crippen molar-refractivity contribution in [2.45, 2.75) is 57.0 Å². The summed E-state index contributed by atoms with van der Waals surface area (Å²) in [5.74, 6) is 0.466. The number of rotatable bonds is 5. The van der Waals surface area contributed by atoms with Crippen molar-refractivity contribution in [3.05, 3.63) is 35.9 Å². The summed E-state index contributed by atoms with van der Waals surface area (Å²) >= 11 is 0. The minimum absolute atomic E-state index is 0.0846. The summed E-state index contributed by atoms with van der Waals surface area (Å²) in [5, 5.41) is 16.4. The predicted molar refractivity (Wildman–Crippen MR) is 109 cm³/mol. The molecule has 1 heterocycles. The van der Waals surface area contributed by atoms with E-state index in [1.54, 1.807) is 0 Å². The molecule has 0 atom stereocenters. The molecule has 1 saturated carbocycles. The molecule has 154 valence electrons. The standard InChI is InChI=1S/C22H33N3O3/c26-20(19-8-4-3-5-9-19)25-14-10-18(11-15-25)16-23-21(27)24-17-22(28)12-6-1-2-7-13-22/h3-5,8-9,18,28H,1-2,6-7,10-17H2,(H2,23,24,27). The third kappa shape index (κ3) is 5.96. The number of amides is 3. The topological polar surface area (TPSA) is 81.7 Å². The molecule has 1 aliphatic heterocycles. The molecular formula is C22H33N3O3. The second-order valence-electron chi connectivity index (χ2n) is 8.30. The largest absolute Gasteiger partial charge is 0.388 e. The minimum Gasteiger partial charge on any atom is -0.388 e. The maximum absolute atomic E-state index is 12.5. The van der Waals surface area contributed by atoms with Crippen molar-refractivity contribution in [2.75, 3.05) is 26.2 Å². The molecule has 0 bridgehead atoms. The van der Waals surface area contributed by atoms with E-state index < -0.39 is 5.60 Å². The van der Waals surface area contributed by atoms with E-state index in [1.807, 2.05) is 35.2 Å². The van der Waals surface area contributed by atoms with Gasteiger partial charge in [-0.25, -0.2) is 4.79 Å². The Morgan fingerprint density at radius 1 is 1.00 bits per heavy atom. The quantitative estimate of drug-likeness (QED) is 0.680. The summed E-state index contributed by atoms with van der Waals surface area (Å²) < 4.78 is 0. The Kier molecular flexibility index (Phi) is 7.31. The Bertz CT molecular complexity index is 634. The molecule has 1 aliphatic carbocycles. The number of hydrogen-bond acceptors (Lipinski definition) is 3. The predicted octanol–water partition coefficient (Wildman–Crippen LogP) is 2.92. The van der Waals surface area contributed by atoms with Crippen LogP contribution in [0.4, 0.5) is 4.79 Å². The second-order valence-corrected chi connectivity index (χ2v) is 8.30. The summed E-state index contributed by atoms with van der Waals surface area (Å²) in [6.45, 7) is 2.38. The van der Waals surface area contributed by atoms with Gasteiger partial charge in [-0.1, -0.05) is 43.9 Å². The van der Waals surface area contributed by atoms with Crippen molar-refractivity contribution in [2.24, 2.45) is 5.92 Å². The normalized spacial score (nSPS) is 20.2. The van der Waals surface area contributed by atoms with Crippen LogP contribution in [0.1, 0.15) is 61.7 Å². The smallest absolute Gasteiger partial charge is 0.314 e. The zero-order valence-corrected chi connectivity index (χ0v) is 16.7. The van der Waals surface area contributed by atoms with Gasteiger partial charge < -0.3 is 20.6 Å². The summed E-state index contributed by atoms with van der Waals surface area (Å²) in [6, 6.07) is 9.17. The number of nitrogens with one attached hydrogen (secondary N) is 2. The number of nitrogens with zero attached hydrogens (tertiary/aromatic N) is 1. The third-order valence-electron chi connectivity index (χ3n) is 6.09. The molecular weight excluding hydrogens is 354 g/mol. The van der Waals surface area contributed by atoms with Crippen LogP contribution in [0.25, 0.3) is 0 Å². The average molecular weight is 388 g/mol. The van der Waals surface area contributed by atoms with Crippen molar-refractivity contribution in [1.29, 1.82) is 0 Å². The molecule has 1 aromatic rings. The molecule has 0 radical (unpaired) electrons. The maximum Gasteiger partial charge on any atom is 0.314 e. The van der Waals surface area contributed by atoms with Gasteiger partial charge in [-0.3, -0.25) is 4.79 Å². The lowest BCUT2D eigenvalue weighted by Gasteiger charge is -2.32. The van der Waals surface area contributed by atoms with E-state index in [9.17, 15) is 14.7 Å². The highest BCUT2D eigenvalue weighted by Crippen LogP contribution is 2.26. The van der Waals surface area contributed by atoms with Gasteiger partial charge in [-0.15, -0.1) is 0 Å². The molecule has 1 aromatic carbocycles. The Balaban J connectivity index is 1.34. The first-order valence-corrected chi connectivity index (χ1v) is 10.6. The second kappa shape index (κ2) is 9.92. The van der Waals surface area contributed by atoms with Gasteiger partial charge in [0.15, 0.2) is 0 Å². The first-order valence-electron chi connectivity index (χ1n) is 10.6. The van der Waals surface area contributed by atoms with E-state index >= 15 is 0 Å². The highest BCUT2D eigenvalue weighted by molar-refractivity contribution is 5.94. The van der Waals surface area contributed by atoms with Crippen LogP contribution in [-0.4, -0.2) is 53.7 Å². The summed E-state index contributed by atoms with van der Waals surface area (Å²) in [5.41, 5.74) is -0.0216. The van der Waals surface area contributed by atoms with Crippen molar-refractivity contribution in [3.8, 4) is 0 Å². The van der Waals surface area contributed by atoms with Gasteiger partial charge in [0.25, 0.3) is 5.91 Å². The number of aliphatic hydroxyl groups is 1. The molecule has 0 unspecified atom stereocenters. The zero-order valence-electron chi connectivity index (χ0n) is 16.7. The number of likely N-dealkylation sites (tertiary alicyclic amines) is 1. The Morgan fingerprint density at radius 2 is 1.64 bits per heavy atom. The fourth-order valence-corrected chi connectivity index (χ4v) is 4.21. The van der Waals surface area contributed by atoms with Gasteiger partial charge in [0.05, 0.1) is 5.60 Å². The van der Waals surface area contributed by atoms with E-state index in [-0.39, 0.29) is 11.9 Å².